The standard InChI is InChI=1S/C41H63N5O8/c1-23(2)15-31(21-44(9)10)42-39(49)30-17-29(18-32(19-30)46(51)52)33-14-12-13-28(38(33)53-11)20-45-37(36(27(6)48)35(22-47)54-45)40(50)43-34-16-24(3)41(7,8)26(5)25(34)4/h12-14,17-19,23-27,31,34-37,47-48H,15-16,20-22H2,1-11H3,(H,42,49)(H,43,50)/t24-,25+,26+,27+,31+,34+,35+,36-,37+/m1/s1. The summed E-state index contributed by atoms with van der Waals surface area (Å²) in [6, 6.07) is 8.47. The number of carbonyl (C=O) groups is 2. The first kappa shape index (κ1) is 43.1. The summed E-state index contributed by atoms with van der Waals surface area (Å²) in [5, 5.41) is 41.3. The number of ether oxygens (including phenoxy) is 1. The monoisotopic (exact) mass is 753 g/mol. The first-order valence-corrected chi connectivity index (χ1v) is 19.2. The lowest BCUT2D eigenvalue weighted by Gasteiger charge is -2.50. The Labute approximate surface area is 320 Å². The van der Waals surface area contributed by atoms with E-state index in [9.17, 15) is 29.9 Å². The molecule has 13 nitrogen and oxygen atoms in total. The number of nitro benzene ring substituents is 1. The van der Waals surface area contributed by atoms with E-state index in [4.69, 9.17) is 9.57 Å². The fraction of sp³-hybridized carbons (Fsp3) is 0.659. The van der Waals surface area contributed by atoms with Crippen molar-refractivity contribution in [1.82, 2.24) is 20.6 Å². The number of hydroxylamine groups is 2. The third-order valence-corrected chi connectivity index (χ3v) is 12.2. The molecule has 0 aromatic heterocycles. The number of nitro groups is 1. The lowest BCUT2D eigenvalue weighted by Crippen LogP contribution is -2.56. The fourth-order valence-corrected chi connectivity index (χ4v) is 8.51. The minimum Gasteiger partial charge on any atom is -0.496 e. The van der Waals surface area contributed by atoms with Gasteiger partial charge in [0.05, 0.1) is 31.3 Å². The number of non-ortho nitro benzene ring substituents is 1. The van der Waals surface area contributed by atoms with Crippen LogP contribution in [0.5, 0.6) is 5.75 Å². The number of likely N-dealkylation sites (N-methyl/N-ethyl adjacent to an activating group) is 1. The van der Waals surface area contributed by atoms with Crippen LogP contribution in [0, 0.1) is 45.1 Å². The van der Waals surface area contributed by atoms with Gasteiger partial charge in [0.25, 0.3) is 11.6 Å². The number of aliphatic hydroxyl groups is 2. The number of benzene rings is 2. The Kier molecular flexibility index (Phi) is 14.3. The second-order valence-corrected chi connectivity index (χ2v) is 17.0. The topological polar surface area (TPSA) is 167 Å². The predicted octanol–water partition coefficient (Wildman–Crippen LogP) is 5.27. The molecule has 1 saturated carbocycles. The average Bonchev–Trinajstić information content (AvgIpc) is 3.47. The quantitative estimate of drug-likeness (QED) is 0.139. The number of methoxy groups -OCH3 is 1. The summed E-state index contributed by atoms with van der Waals surface area (Å²) in [5.41, 5.74) is 1.53. The number of nitrogens with zero attached hydrogens (tertiary/aromatic N) is 3. The molecule has 300 valence electrons. The number of para-hydroxylation sites is 1. The normalized spacial score (nSPS) is 26.8. The van der Waals surface area contributed by atoms with Crippen molar-refractivity contribution in [3.63, 3.8) is 0 Å². The maximum Gasteiger partial charge on any atom is 0.270 e. The van der Waals surface area contributed by atoms with Crippen LogP contribution in [0.1, 0.15) is 84.2 Å². The van der Waals surface area contributed by atoms with Gasteiger partial charge in [-0.3, -0.25) is 24.5 Å². The molecule has 2 aliphatic rings. The van der Waals surface area contributed by atoms with Gasteiger partial charge in [0, 0.05) is 53.4 Å². The van der Waals surface area contributed by atoms with E-state index in [1.165, 1.54) is 24.3 Å². The van der Waals surface area contributed by atoms with Crippen LogP contribution < -0.4 is 15.4 Å². The molecule has 2 fully saturated rings. The van der Waals surface area contributed by atoms with Crippen molar-refractivity contribution in [3.05, 3.63) is 57.6 Å². The van der Waals surface area contributed by atoms with Crippen molar-refractivity contribution in [3.8, 4) is 16.9 Å². The van der Waals surface area contributed by atoms with Crippen LogP contribution in [0.2, 0.25) is 0 Å². The predicted molar refractivity (Wildman–Crippen MR) is 209 cm³/mol. The molecule has 1 aliphatic carbocycles. The van der Waals surface area contributed by atoms with Gasteiger partial charge in [-0.05, 0) is 74.6 Å². The van der Waals surface area contributed by atoms with Crippen LogP contribution in [0.15, 0.2) is 36.4 Å². The minimum atomic E-state index is -0.969. The van der Waals surface area contributed by atoms with Crippen molar-refractivity contribution in [1.29, 1.82) is 0 Å². The zero-order valence-electron chi connectivity index (χ0n) is 34.0. The number of amides is 2. The van der Waals surface area contributed by atoms with E-state index < -0.39 is 41.6 Å². The molecule has 1 aliphatic heterocycles. The van der Waals surface area contributed by atoms with Crippen molar-refractivity contribution >= 4 is 17.5 Å². The van der Waals surface area contributed by atoms with Crippen LogP contribution in [0.4, 0.5) is 5.69 Å². The Bertz CT molecular complexity index is 1620. The van der Waals surface area contributed by atoms with E-state index in [2.05, 4.69) is 59.1 Å². The molecule has 4 rings (SSSR count). The smallest absolute Gasteiger partial charge is 0.270 e. The Morgan fingerprint density at radius 1 is 1.15 bits per heavy atom. The van der Waals surface area contributed by atoms with E-state index >= 15 is 0 Å². The first-order valence-electron chi connectivity index (χ1n) is 19.2. The van der Waals surface area contributed by atoms with Crippen molar-refractivity contribution < 1.29 is 34.3 Å². The Morgan fingerprint density at radius 2 is 1.83 bits per heavy atom. The molecule has 0 spiro atoms. The van der Waals surface area contributed by atoms with Crippen molar-refractivity contribution in [2.75, 3.05) is 34.4 Å². The minimum absolute atomic E-state index is 0.0402. The highest BCUT2D eigenvalue weighted by Gasteiger charge is 2.51. The molecular formula is C41H63N5O8. The molecule has 0 bridgehead atoms. The Morgan fingerprint density at radius 3 is 2.41 bits per heavy atom. The fourth-order valence-electron chi connectivity index (χ4n) is 8.51. The third kappa shape index (κ3) is 9.60. The van der Waals surface area contributed by atoms with Gasteiger partial charge in [0.2, 0.25) is 5.91 Å². The zero-order chi connectivity index (χ0) is 40.2. The van der Waals surface area contributed by atoms with Crippen LogP contribution >= 0.6 is 0 Å². The highest BCUT2D eigenvalue weighted by Crippen LogP contribution is 2.47. The highest BCUT2D eigenvalue weighted by molar-refractivity contribution is 5.97. The van der Waals surface area contributed by atoms with Gasteiger partial charge < -0.3 is 30.5 Å². The number of rotatable bonds is 15. The van der Waals surface area contributed by atoms with E-state index in [1.54, 1.807) is 25.1 Å². The molecule has 1 saturated heterocycles. The second-order valence-electron chi connectivity index (χ2n) is 17.0. The number of carbonyl (C=O) groups excluding carboxylic acids is 2. The van der Waals surface area contributed by atoms with Crippen LogP contribution in [0.25, 0.3) is 11.1 Å². The molecule has 0 radical (unpaired) electrons. The van der Waals surface area contributed by atoms with Gasteiger partial charge in [0.15, 0.2) is 0 Å². The summed E-state index contributed by atoms with van der Waals surface area (Å²) in [7, 11) is 5.35. The molecule has 13 heteroatoms. The SMILES string of the molecule is COc1c(CN2O[C@@H](CO)[C@@H]([C@H](C)O)[C@H]2C(=O)N[C@H]2C[C@@H](C)C(C)(C)[C@@H](C)[C@@H]2C)cccc1-c1cc(C(=O)N[C@@H](CC(C)C)CN(C)C)cc([N+](=O)[O-])c1. The lowest BCUT2D eigenvalue weighted by atomic mass is 9.58. The summed E-state index contributed by atoms with van der Waals surface area (Å²) < 4.78 is 5.94. The third-order valence-electron chi connectivity index (χ3n) is 12.2. The largest absolute Gasteiger partial charge is 0.496 e. The van der Waals surface area contributed by atoms with Gasteiger partial charge in [0.1, 0.15) is 17.9 Å². The summed E-state index contributed by atoms with van der Waals surface area (Å²) in [4.78, 5) is 47.7. The van der Waals surface area contributed by atoms with E-state index in [1.807, 2.05) is 25.1 Å². The number of hydrogen-bond donors (Lipinski definition) is 4. The van der Waals surface area contributed by atoms with Crippen molar-refractivity contribution in [2.45, 2.75) is 105 Å². The number of nitrogens with one attached hydrogen (secondary N) is 2. The summed E-state index contributed by atoms with van der Waals surface area (Å²) >= 11 is 0. The molecule has 4 N–H and O–H groups in total. The molecule has 0 unspecified atom stereocenters. The summed E-state index contributed by atoms with van der Waals surface area (Å²) in [5.74, 6) is 0.211. The average molecular weight is 754 g/mol. The molecule has 9 atom stereocenters. The summed E-state index contributed by atoms with van der Waals surface area (Å²) in [6.45, 7) is 17.2. The van der Waals surface area contributed by atoms with Gasteiger partial charge in [-0.1, -0.05) is 66.7 Å². The first-order chi connectivity index (χ1) is 25.3. The highest BCUT2D eigenvalue weighted by atomic mass is 16.7. The van der Waals surface area contributed by atoms with Crippen LogP contribution in [-0.2, 0) is 16.2 Å². The van der Waals surface area contributed by atoms with E-state index in [0.717, 1.165) is 12.8 Å². The second kappa shape index (κ2) is 17.9. The van der Waals surface area contributed by atoms with Gasteiger partial charge >= 0.3 is 0 Å². The van der Waals surface area contributed by atoms with E-state index in [0.29, 0.717) is 46.7 Å². The van der Waals surface area contributed by atoms with Crippen molar-refractivity contribution in [2.24, 2.45) is 35.0 Å². The van der Waals surface area contributed by atoms with Gasteiger partial charge in [-0.25, -0.2) is 0 Å². The molecule has 54 heavy (non-hydrogen) atoms. The molecule has 2 amide bonds. The Balaban J connectivity index is 1.70. The Hall–Kier alpha value is -3.62. The van der Waals surface area contributed by atoms with E-state index in [-0.39, 0.29) is 47.1 Å². The van der Waals surface area contributed by atoms with Gasteiger partial charge in [-0.2, -0.15) is 5.06 Å². The van der Waals surface area contributed by atoms with Crippen LogP contribution in [-0.4, -0.2) is 102 Å². The number of hydrogen-bond acceptors (Lipinski definition) is 10. The number of aliphatic hydroxyl groups excluding tert-OH is 2. The zero-order valence-corrected chi connectivity index (χ0v) is 34.0. The van der Waals surface area contributed by atoms with Crippen LogP contribution in [0.3, 0.4) is 0 Å². The molecule has 2 aromatic carbocycles. The molecular weight excluding hydrogens is 690 g/mol. The maximum atomic E-state index is 14.3. The molecule has 2 aromatic rings. The van der Waals surface area contributed by atoms with Gasteiger partial charge in [-0.15, -0.1) is 0 Å². The summed E-state index contributed by atoms with van der Waals surface area (Å²) in [6.07, 6.45) is -0.250. The maximum absolute atomic E-state index is 14.3. The lowest BCUT2D eigenvalue weighted by molar-refractivity contribution is -0.384. The molecule has 1 heterocycles.